The minimum atomic E-state index is -0.119. The molecule has 5 nitrogen and oxygen atoms in total. The zero-order chi connectivity index (χ0) is 18.7. The molecule has 0 aliphatic carbocycles. The van der Waals surface area contributed by atoms with Crippen LogP contribution >= 0.6 is 11.6 Å². The summed E-state index contributed by atoms with van der Waals surface area (Å²) in [6, 6.07) is 16.6. The normalized spacial score (nSPS) is 12.6. The number of nitrogens with two attached hydrogens (primary N) is 1. The van der Waals surface area contributed by atoms with Crippen molar-refractivity contribution in [2.45, 2.75) is 20.4 Å². The molecule has 26 heavy (non-hydrogen) atoms. The fraction of sp³-hybridized carbons (Fsp3) is 0.150. The maximum Gasteiger partial charge on any atom is 0.252 e. The maximum absolute atomic E-state index is 12.1. The highest BCUT2D eigenvalue weighted by molar-refractivity contribution is 6.35. The molecule has 2 aromatic carbocycles. The number of pyridine rings is 1. The third-order valence-electron chi connectivity index (χ3n) is 3.91. The molecule has 0 bridgehead atoms. The van der Waals surface area contributed by atoms with Gasteiger partial charge in [-0.3, -0.25) is 4.79 Å². The second kappa shape index (κ2) is 7.54. The predicted octanol–water partition coefficient (Wildman–Crippen LogP) is 4.13. The van der Waals surface area contributed by atoms with Crippen molar-refractivity contribution in [3.63, 3.8) is 0 Å². The minimum absolute atomic E-state index is 0.119. The van der Waals surface area contributed by atoms with Crippen LogP contribution in [0.1, 0.15) is 19.4 Å². The van der Waals surface area contributed by atoms with E-state index in [-0.39, 0.29) is 5.56 Å². The van der Waals surface area contributed by atoms with Gasteiger partial charge in [0.1, 0.15) is 0 Å². The molecular formula is C20H19ClN4O. The van der Waals surface area contributed by atoms with Crippen molar-refractivity contribution >= 4 is 39.9 Å². The summed E-state index contributed by atoms with van der Waals surface area (Å²) in [6.07, 6.45) is 0. The fourth-order valence-electron chi connectivity index (χ4n) is 2.76. The standard InChI is InChI=1S/C20H19ClN4O/c1-3-25-18-10-9-14(11-16(18)17(21)12-19(25)26)20(23-13(2)22)24-15-7-5-4-6-8-15/h4-12H,3H2,1-2H3,(H2,22,23,24). The molecule has 2 N–H and O–H groups in total. The van der Waals surface area contributed by atoms with Gasteiger partial charge in [0.15, 0.2) is 5.84 Å². The molecule has 0 aliphatic heterocycles. The zero-order valence-corrected chi connectivity index (χ0v) is 15.4. The number of halogens is 1. The molecular weight excluding hydrogens is 348 g/mol. The van der Waals surface area contributed by atoms with E-state index < -0.39 is 0 Å². The van der Waals surface area contributed by atoms with E-state index in [0.717, 1.165) is 22.2 Å². The number of aromatic nitrogens is 1. The number of aliphatic imine (C=N–C) groups is 2. The van der Waals surface area contributed by atoms with Crippen LogP contribution in [-0.4, -0.2) is 16.2 Å². The molecule has 0 aliphatic rings. The highest BCUT2D eigenvalue weighted by Crippen LogP contribution is 2.24. The molecule has 0 atom stereocenters. The third kappa shape index (κ3) is 3.68. The van der Waals surface area contributed by atoms with Gasteiger partial charge >= 0.3 is 0 Å². The van der Waals surface area contributed by atoms with Gasteiger partial charge in [0, 0.05) is 23.6 Å². The van der Waals surface area contributed by atoms with E-state index in [1.54, 1.807) is 11.5 Å². The van der Waals surface area contributed by atoms with Gasteiger partial charge < -0.3 is 10.3 Å². The average molecular weight is 367 g/mol. The molecule has 0 spiro atoms. The Morgan fingerprint density at radius 1 is 1.15 bits per heavy atom. The summed E-state index contributed by atoms with van der Waals surface area (Å²) in [4.78, 5) is 21.1. The first-order valence-electron chi connectivity index (χ1n) is 8.27. The topological polar surface area (TPSA) is 72.7 Å². The molecule has 6 heteroatoms. The highest BCUT2D eigenvalue weighted by atomic mass is 35.5. The van der Waals surface area contributed by atoms with Gasteiger partial charge in [-0.1, -0.05) is 29.8 Å². The lowest BCUT2D eigenvalue weighted by atomic mass is 10.1. The van der Waals surface area contributed by atoms with E-state index in [4.69, 9.17) is 17.3 Å². The van der Waals surface area contributed by atoms with Crippen LogP contribution in [0.15, 0.2) is 69.4 Å². The van der Waals surface area contributed by atoms with E-state index in [1.165, 1.54) is 6.07 Å². The van der Waals surface area contributed by atoms with E-state index in [1.807, 2.05) is 55.5 Å². The monoisotopic (exact) mass is 366 g/mol. The predicted molar refractivity (Wildman–Crippen MR) is 109 cm³/mol. The first-order chi connectivity index (χ1) is 12.5. The molecule has 132 valence electrons. The van der Waals surface area contributed by atoms with Crippen LogP contribution in [-0.2, 0) is 6.54 Å². The van der Waals surface area contributed by atoms with Crippen LogP contribution in [0.3, 0.4) is 0 Å². The van der Waals surface area contributed by atoms with Gasteiger partial charge in [0.25, 0.3) is 5.56 Å². The Morgan fingerprint density at radius 2 is 1.88 bits per heavy atom. The number of amidine groups is 2. The van der Waals surface area contributed by atoms with Gasteiger partial charge in [-0.15, -0.1) is 0 Å². The van der Waals surface area contributed by atoms with Crippen LogP contribution in [0.25, 0.3) is 10.9 Å². The van der Waals surface area contributed by atoms with Crippen molar-refractivity contribution in [3.8, 4) is 0 Å². The Kier molecular flexibility index (Phi) is 5.19. The van der Waals surface area contributed by atoms with Crippen LogP contribution in [0, 0.1) is 0 Å². The van der Waals surface area contributed by atoms with E-state index >= 15 is 0 Å². The minimum Gasteiger partial charge on any atom is -0.387 e. The molecule has 3 rings (SSSR count). The second-order valence-corrected chi connectivity index (χ2v) is 6.24. The van der Waals surface area contributed by atoms with Gasteiger partial charge in [-0.25, -0.2) is 9.98 Å². The first kappa shape index (κ1) is 17.9. The molecule has 0 saturated heterocycles. The highest BCUT2D eigenvalue weighted by Gasteiger charge is 2.10. The van der Waals surface area contributed by atoms with Gasteiger partial charge in [-0.2, -0.15) is 0 Å². The molecule has 0 radical (unpaired) electrons. The Morgan fingerprint density at radius 3 is 2.54 bits per heavy atom. The molecule has 0 unspecified atom stereocenters. The van der Waals surface area contributed by atoms with Crippen molar-refractivity contribution in [2.75, 3.05) is 0 Å². The molecule has 1 aromatic heterocycles. The Hall–Kier alpha value is -2.92. The Labute approximate surface area is 156 Å². The zero-order valence-electron chi connectivity index (χ0n) is 14.6. The summed E-state index contributed by atoms with van der Waals surface area (Å²) in [5, 5.41) is 1.18. The summed E-state index contributed by atoms with van der Waals surface area (Å²) < 4.78 is 1.68. The first-order valence-corrected chi connectivity index (χ1v) is 8.65. The summed E-state index contributed by atoms with van der Waals surface area (Å²) in [5.74, 6) is 0.896. The quantitative estimate of drug-likeness (QED) is 0.559. The third-order valence-corrected chi connectivity index (χ3v) is 4.22. The van der Waals surface area contributed by atoms with Crippen molar-refractivity contribution < 1.29 is 0 Å². The van der Waals surface area contributed by atoms with Crippen LogP contribution in [0.2, 0.25) is 5.02 Å². The summed E-state index contributed by atoms with van der Waals surface area (Å²) in [6.45, 7) is 4.20. The largest absolute Gasteiger partial charge is 0.387 e. The van der Waals surface area contributed by atoms with Crippen molar-refractivity contribution in [3.05, 3.63) is 75.5 Å². The fourth-order valence-corrected chi connectivity index (χ4v) is 3.00. The lowest BCUT2D eigenvalue weighted by Crippen LogP contribution is -2.18. The number of rotatable bonds is 3. The lowest BCUT2D eigenvalue weighted by Gasteiger charge is -2.11. The number of hydrogen-bond donors (Lipinski definition) is 1. The van der Waals surface area contributed by atoms with E-state index in [9.17, 15) is 4.79 Å². The number of hydrogen-bond acceptors (Lipinski definition) is 2. The Balaban J connectivity index is 2.22. The average Bonchev–Trinajstić information content (AvgIpc) is 2.62. The summed E-state index contributed by atoms with van der Waals surface area (Å²) in [5.41, 5.74) is 8.00. The van der Waals surface area contributed by atoms with Crippen molar-refractivity contribution in [1.29, 1.82) is 0 Å². The molecule has 1 heterocycles. The van der Waals surface area contributed by atoms with E-state index in [2.05, 4.69) is 9.98 Å². The molecule has 0 amide bonds. The smallest absolute Gasteiger partial charge is 0.252 e. The summed E-state index contributed by atoms with van der Waals surface area (Å²) >= 11 is 6.32. The van der Waals surface area contributed by atoms with Crippen molar-refractivity contribution in [1.82, 2.24) is 4.57 Å². The number of para-hydroxylation sites is 1. The number of nitrogens with zero attached hydrogens (tertiary/aromatic N) is 3. The number of aryl methyl sites for hydroxylation is 1. The van der Waals surface area contributed by atoms with E-state index in [0.29, 0.717) is 23.2 Å². The van der Waals surface area contributed by atoms with Gasteiger partial charge in [0.2, 0.25) is 0 Å². The van der Waals surface area contributed by atoms with Crippen LogP contribution in [0.4, 0.5) is 5.69 Å². The molecule has 0 fully saturated rings. The molecule has 3 aromatic rings. The number of fused-ring (bicyclic) bond motifs is 1. The SMILES string of the molecule is CCn1c(=O)cc(Cl)c2cc(C(N=C(C)N)=Nc3ccccc3)ccc21. The van der Waals surface area contributed by atoms with Gasteiger partial charge in [0.05, 0.1) is 22.1 Å². The Bertz CT molecular complexity index is 1060. The molecule has 0 saturated carbocycles. The maximum atomic E-state index is 12.1. The van der Waals surface area contributed by atoms with Crippen LogP contribution < -0.4 is 11.3 Å². The lowest BCUT2D eigenvalue weighted by molar-refractivity contribution is 0.760. The summed E-state index contributed by atoms with van der Waals surface area (Å²) in [7, 11) is 0. The number of benzene rings is 2. The van der Waals surface area contributed by atoms with Gasteiger partial charge in [-0.05, 0) is 44.2 Å². The van der Waals surface area contributed by atoms with Crippen LogP contribution in [0.5, 0.6) is 0 Å². The second-order valence-electron chi connectivity index (χ2n) is 5.83. The van der Waals surface area contributed by atoms with Crippen molar-refractivity contribution in [2.24, 2.45) is 15.7 Å².